The molecule has 1 N–H and O–H groups in total. The van der Waals surface area contributed by atoms with Crippen molar-refractivity contribution in [2.24, 2.45) is 5.92 Å². The topological polar surface area (TPSA) is 43.8 Å². The number of carboxylic acids is 1. The van der Waals surface area contributed by atoms with Crippen LogP contribution in [0.5, 0.6) is 0 Å². The first-order chi connectivity index (χ1) is 7.99. The Balaban J connectivity index is 2.38. The largest absolute Gasteiger partial charge is 0.480 e. The second-order valence-electron chi connectivity index (χ2n) is 5.55. The van der Waals surface area contributed by atoms with Gasteiger partial charge in [-0.2, -0.15) is 0 Å². The van der Waals surface area contributed by atoms with E-state index in [0.717, 1.165) is 25.4 Å². The molecule has 4 heteroatoms. The minimum Gasteiger partial charge on any atom is -0.480 e. The highest BCUT2D eigenvalue weighted by molar-refractivity contribution is 5.69. The van der Waals surface area contributed by atoms with Crippen LogP contribution >= 0.6 is 0 Å². The third kappa shape index (κ3) is 5.50. The zero-order valence-electron chi connectivity index (χ0n) is 11.4. The number of aliphatic carboxylic acids is 1. The van der Waals surface area contributed by atoms with E-state index in [1.165, 1.54) is 19.3 Å². The number of hydrogen-bond donors (Lipinski definition) is 1. The van der Waals surface area contributed by atoms with Crippen molar-refractivity contribution < 1.29 is 9.90 Å². The molecule has 1 saturated carbocycles. The van der Waals surface area contributed by atoms with E-state index in [9.17, 15) is 4.79 Å². The lowest BCUT2D eigenvalue weighted by molar-refractivity contribution is -0.139. The number of hydrogen-bond acceptors (Lipinski definition) is 3. The van der Waals surface area contributed by atoms with Gasteiger partial charge in [0, 0.05) is 19.1 Å². The Bertz CT molecular complexity index is 240. The fourth-order valence-electron chi connectivity index (χ4n) is 2.32. The minimum absolute atomic E-state index is 0.168. The molecule has 1 aliphatic rings. The summed E-state index contributed by atoms with van der Waals surface area (Å²) in [6, 6.07) is 0.386. The average Bonchev–Trinajstić information content (AvgIpc) is 2.17. The summed E-state index contributed by atoms with van der Waals surface area (Å²) in [5, 5.41) is 8.95. The summed E-state index contributed by atoms with van der Waals surface area (Å²) >= 11 is 0. The van der Waals surface area contributed by atoms with Crippen LogP contribution in [0.25, 0.3) is 0 Å². The van der Waals surface area contributed by atoms with Crippen molar-refractivity contribution in [2.75, 3.05) is 33.7 Å². The quantitative estimate of drug-likeness (QED) is 0.701. The first kappa shape index (κ1) is 14.5. The van der Waals surface area contributed by atoms with Gasteiger partial charge in [0.05, 0.1) is 6.54 Å². The predicted octanol–water partition coefficient (Wildman–Crippen LogP) is 1.51. The first-order valence-electron chi connectivity index (χ1n) is 6.59. The van der Waals surface area contributed by atoms with E-state index in [2.05, 4.69) is 16.7 Å². The van der Waals surface area contributed by atoms with Gasteiger partial charge >= 0.3 is 5.97 Å². The van der Waals surface area contributed by atoms with Gasteiger partial charge in [0.1, 0.15) is 0 Å². The van der Waals surface area contributed by atoms with Crippen LogP contribution in [0.4, 0.5) is 0 Å². The van der Waals surface area contributed by atoms with E-state index in [0.29, 0.717) is 6.04 Å². The monoisotopic (exact) mass is 242 g/mol. The molecule has 17 heavy (non-hydrogen) atoms. The number of nitrogens with zero attached hydrogens (tertiary/aromatic N) is 2. The van der Waals surface area contributed by atoms with Gasteiger partial charge < -0.3 is 10.0 Å². The van der Waals surface area contributed by atoms with Gasteiger partial charge in [-0.1, -0.05) is 19.3 Å². The summed E-state index contributed by atoms with van der Waals surface area (Å²) in [7, 11) is 4.05. The molecular weight excluding hydrogens is 216 g/mol. The SMILES string of the molecule is CC(CC1CCC1)N(CCN(C)C)CC(=O)O. The maximum Gasteiger partial charge on any atom is 0.317 e. The molecule has 0 aliphatic heterocycles. The predicted molar refractivity (Wildman–Crippen MR) is 69.2 cm³/mol. The van der Waals surface area contributed by atoms with E-state index in [1.54, 1.807) is 0 Å². The molecule has 1 atom stereocenters. The van der Waals surface area contributed by atoms with Crippen molar-refractivity contribution in [3.8, 4) is 0 Å². The summed E-state index contributed by atoms with van der Waals surface area (Å²) in [4.78, 5) is 15.1. The van der Waals surface area contributed by atoms with E-state index < -0.39 is 5.97 Å². The summed E-state index contributed by atoms with van der Waals surface area (Å²) in [6.07, 6.45) is 5.17. The average molecular weight is 242 g/mol. The fourth-order valence-corrected chi connectivity index (χ4v) is 2.32. The van der Waals surface area contributed by atoms with Gasteiger partial charge in [0.25, 0.3) is 0 Å². The number of likely N-dealkylation sites (N-methyl/N-ethyl adjacent to an activating group) is 1. The van der Waals surface area contributed by atoms with Crippen molar-refractivity contribution >= 4 is 5.97 Å². The maximum absolute atomic E-state index is 10.9. The van der Waals surface area contributed by atoms with Crippen molar-refractivity contribution in [3.63, 3.8) is 0 Å². The number of rotatable bonds is 8. The summed E-state index contributed by atoms with van der Waals surface area (Å²) in [6.45, 7) is 4.09. The molecular formula is C13H26N2O2. The first-order valence-corrected chi connectivity index (χ1v) is 6.59. The second kappa shape index (κ2) is 6.97. The molecule has 0 aromatic heterocycles. The lowest BCUT2D eigenvalue weighted by Crippen LogP contribution is -2.42. The van der Waals surface area contributed by atoms with Gasteiger partial charge in [-0.25, -0.2) is 0 Å². The number of carbonyl (C=O) groups is 1. The highest BCUT2D eigenvalue weighted by atomic mass is 16.4. The minimum atomic E-state index is -0.718. The Kier molecular flexibility index (Phi) is 5.92. The third-order valence-corrected chi connectivity index (χ3v) is 3.70. The van der Waals surface area contributed by atoms with Gasteiger partial charge in [-0.15, -0.1) is 0 Å². The van der Waals surface area contributed by atoms with Crippen LogP contribution in [0.3, 0.4) is 0 Å². The smallest absolute Gasteiger partial charge is 0.317 e. The van der Waals surface area contributed by atoms with Crippen LogP contribution in [0.1, 0.15) is 32.6 Å². The molecule has 0 heterocycles. The molecule has 0 aromatic rings. The summed E-state index contributed by atoms with van der Waals surface area (Å²) in [5.41, 5.74) is 0. The summed E-state index contributed by atoms with van der Waals surface area (Å²) in [5.74, 6) is 0.116. The molecule has 0 spiro atoms. The third-order valence-electron chi connectivity index (χ3n) is 3.70. The Morgan fingerprint density at radius 1 is 1.35 bits per heavy atom. The lowest BCUT2D eigenvalue weighted by Gasteiger charge is -2.34. The molecule has 0 aromatic carbocycles. The standard InChI is InChI=1S/C13H26N2O2/c1-11(9-12-5-4-6-12)15(10-13(16)17)8-7-14(2)3/h11-12H,4-10H2,1-3H3,(H,16,17). The molecule has 0 bridgehead atoms. The molecule has 4 nitrogen and oxygen atoms in total. The van der Waals surface area contributed by atoms with Gasteiger partial charge in [0.2, 0.25) is 0 Å². The highest BCUT2D eigenvalue weighted by Crippen LogP contribution is 2.31. The Morgan fingerprint density at radius 3 is 2.41 bits per heavy atom. The number of carboxylic acid groups (broad SMARTS) is 1. The second-order valence-corrected chi connectivity index (χ2v) is 5.55. The molecule has 1 unspecified atom stereocenters. The molecule has 0 radical (unpaired) electrons. The zero-order valence-corrected chi connectivity index (χ0v) is 11.4. The van der Waals surface area contributed by atoms with Crippen LogP contribution in [0.15, 0.2) is 0 Å². The van der Waals surface area contributed by atoms with E-state index in [4.69, 9.17) is 5.11 Å². The molecule has 1 aliphatic carbocycles. The molecule has 1 rings (SSSR count). The van der Waals surface area contributed by atoms with Gasteiger partial charge in [0.15, 0.2) is 0 Å². The lowest BCUT2D eigenvalue weighted by atomic mass is 9.81. The van der Waals surface area contributed by atoms with E-state index >= 15 is 0 Å². The van der Waals surface area contributed by atoms with Crippen LogP contribution in [0, 0.1) is 5.92 Å². The summed E-state index contributed by atoms with van der Waals surface area (Å²) < 4.78 is 0. The van der Waals surface area contributed by atoms with Crippen LogP contribution in [0.2, 0.25) is 0 Å². The molecule has 0 saturated heterocycles. The fraction of sp³-hybridized carbons (Fsp3) is 0.923. The van der Waals surface area contributed by atoms with Gasteiger partial charge in [-0.3, -0.25) is 9.69 Å². The van der Waals surface area contributed by atoms with E-state index in [-0.39, 0.29) is 6.54 Å². The normalized spacial score (nSPS) is 18.4. The Hall–Kier alpha value is -0.610. The van der Waals surface area contributed by atoms with Crippen molar-refractivity contribution in [1.82, 2.24) is 9.80 Å². The van der Waals surface area contributed by atoms with Crippen molar-refractivity contribution in [1.29, 1.82) is 0 Å². The molecule has 1 fully saturated rings. The Labute approximate surface area is 105 Å². The van der Waals surface area contributed by atoms with Crippen LogP contribution < -0.4 is 0 Å². The van der Waals surface area contributed by atoms with E-state index in [1.807, 2.05) is 14.1 Å². The van der Waals surface area contributed by atoms with Crippen LogP contribution in [-0.2, 0) is 4.79 Å². The highest BCUT2D eigenvalue weighted by Gasteiger charge is 2.24. The molecule has 100 valence electrons. The van der Waals surface area contributed by atoms with Crippen LogP contribution in [-0.4, -0.2) is 60.6 Å². The molecule has 0 amide bonds. The maximum atomic E-state index is 10.9. The van der Waals surface area contributed by atoms with Crippen molar-refractivity contribution in [2.45, 2.75) is 38.6 Å². The van der Waals surface area contributed by atoms with Crippen molar-refractivity contribution in [3.05, 3.63) is 0 Å². The van der Waals surface area contributed by atoms with Gasteiger partial charge in [-0.05, 0) is 33.4 Å². The Morgan fingerprint density at radius 2 is 2.00 bits per heavy atom. The zero-order chi connectivity index (χ0) is 12.8.